The maximum absolute atomic E-state index is 12.8. The first-order valence-corrected chi connectivity index (χ1v) is 18.2. The number of allylic oxidation sites excluding steroid dienone is 5. The Balaban J connectivity index is 2.53. The number of nitrogens with one attached hydrogen (secondary N) is 1. The molecule has 268 valence electrons. The van der Waals surface area contributed by atoms with Crippen LogP contribution in [0.15, 0.2) is 36.5 Å². The van der Waals surface area contributed by atoms with Crippen LogP contribution in [0.5, 0.6) is 0 Å². The first kappa shape index (κ1) is 42.4. The fourth-order valence-electron chi connectivity index (χ4n) is 5.41. The number of hydrogen-bond donors (Lipinski definition) is 6. The molecule has 7 atom stereocenters. The molecule has 0 spiro atoms. The molecule has 0 aromatic rings. The summed E-state index contributed by atoms with van der Waals surface area (Å²) in [5.41, 5.74) is 0. The van der Waals surface area contributed by atoms with Crippen molar-refractivity contribution in [2.45, 2.75) is 179 Å². The van der Waals surface area contributed by atoms with E-state index in [0.29, 0.717) is 6.42 Å². The lowest BCUT2D eigenvalue weighted by atomic mass is 9.99. The van der Waals surface area contributed by atoms with Crippen LogP contribution in [-0.4, -0.2) is 87.5 Å². The summed E-state index contributed by atoms with van der Waals surface area (Å²) in [4.78, 5) is 12.8. The van der Waals surface area contributed by atoms with E-state index in [2.05, 4.69) is 43.5 Å². The van der Waals surface area contributed by atoms with Crippen LogP contribution in [0.25, 0.3) is 0 Å². The second-order valence-corrected chi connectivity index (χ2v) is 12.6. The van der Waals surface area contributed by atoms with Gasteiger partial charge in [-0.3, -0.25) is 4.79 Å². The lowest BCUT2D eigenvalue weighted by Crippen LogP contribution is -2.60. The van der Waals surface area contributed by atoms with Gasteiger partial charge in [-0.1, -0.05) is 115 Å². The maximum Gasteiger partial charge on any atom is 0.220 e. The van der Waals surface area contributed by atoms with Gasteiger partial charge in [0.1, 0.15) is 24.4 Å². The average Bonchev–Trinajstić information content (AvgIpc) is 3.05. The fraction of sp³-hybridized carbons (Fsp3) is 0.811. The molecule has 1 aliphatic rings. The van der Waals surface area contributed by atoms with Crippen molar-refractivity contribution >= 4 is 5.91 Å². The summed E-state index contributed by atoms with van der Waals surface area (Å²) in [7, 11) is 0. The third-order valence-corrected chi connectivity index (χ3v) is 8.42. The Morgan fingerprint density at radius 2 is 1.28 bits per heavy atom. The smallest absolute Gasteiger partial charge is 0.220 e. The zero-order valence-corrected chi connectivity index (χ0v) is 28.8. The van der Waals surface area contributed by atoms with Gasteiger partial charge in [0.25, 0.3) is 0 Å². The first-order chi connectivity index (χ1) is 22.3. The number of unbranched alkanes of at least 4 members (excludes halogenated alkanes) is 14. The second-order valence-electron chi connectivity index (χ2n) is 12.6. The highest BCUT2D eigenvalue weighted by Gasteiger charge is 2.44. The van der Waals surface area contributed by atoms with Crippen molar-refractivity contribution in [3.8, 4) is 0 Å². The summed E-state index contributed by atoms with van der Waals surface area (Å²) >= 11 is 0. The minimum Gasteiger partial charge on any atom is -0.394 e. The normalized spacial score (nSPS) is 23.5. The van der Waals surface area contributed by atoms with Crippen molar-refractivity contribution in [1.29, 1.82) is 0 Å². The number of rotatable bonds is 28. The molecule has 0 aliphatic carbocycles. The van der Waals surface area contributed by atoms with E-state index in [1.54, 1.807) is 6.08 Å². The topological polar surface area (TPSA) is 149 Å². The van der Waals surface area contributed by atoms with Crippen molar-refractivity contribution in [3.63, 3.8) is 0 Å². The predicted molar refractivity (Wildman–Crippen MR) is 184 cm³/mol. The molecular formula is C37H67NO8. The lowest BCUT2D eigenvalue weighted by Gasteiger charge is -2.40. The van der Waals surface area contributed by atoms with Crippen LogP contribution in [0, 0.1) is 0 Å². The molecule has 46 heavy (non-hydrogen) atoms. The standard InChI is InChI=1S/C37H67NO8/c1-3-5-7-9-11-13-15-16-17-18-20-22-24-26-31(40)30(29-45-37-36(44)35(43)34(42)32(28-39)46-37)38-33(41)27-25-23-21-19-14-12-10-8-6-4-2/h8,10,17-18,24,26,30-32,34-37,39-40,42-44H,3-7,9,11-16,19-23,25,27-29H2,1-2H3,(H,38,41)/b10-8-,18-17+,26-24+. The van der Waals surface area contributed by atoms with Crippen LogP contribution in [0.3, 0.4) is 0 Å². The average molecular weight is 654 g/mol. The van der Waals surface area contributed by atoms with Crippen LogP contribution in [0.4, 0.5) is 0 Å². The minimum atomic E-state index is -1.57. The number of carbonyl (C=O) groups is 1. The van der Waals surface area contributed by atoms with Crippen molar-refractivity contribution < 1.29 is 39.8 Å². The fourth-order valence-corrected chi connectivity index (χ4v) is 5.41. The third-order valence-electron chi connectivity index (χ3n) is 8.42. The highest BCUT2D eigenvalue weighted by atomic mass is 16.7. The quantitative estimate of drug-likeness (QED) is 0.0461. The number of aliphatic hydroxyl groups excluding tert-OH is 5. The molecule has 1 aliphatic heterocycles. The monoisotopic (exact) mass is 653 g/mol. The molecule has 1 amide bonds. The van der Waals surface area contributed by atoms with Crippen LogP contribution in [0.2, 0.25) is 0 Å². The van der Waals surface area contributed by atoms with E-state index in [-0.39, 0.29) is 12.5 Å². The van der Waals surface area contributed by atoms with E-state index in [0.717, 1.165) is 64.2 Å². The zero-order chi connectivity index (χ0) is 33.8. The molecule has 9 heteroatoms. The van der Waals surface area contributed by atoms with Gasteiger partial charge in [0.15, 0.2) is 6.29 Å². The third kappa shape index (κ3) is 19.9. The van der Waals surface area contributed by atoms with Crippen molar-refractivity contribution in [2.75, 3.05) is 13.2 Å². The Bertz CT molecular complexity index is 817. The summed E-state index contributed by atoms with van der Waals surface area (Å²) < 4.78 is 11.1. The van der Waals surface area contributed by atoms with Crippen molar-refractivity contribution in [3.05, 3.63) is 36.5 Å². The molecule has 7 unspecified atom stereocenters. The molecule has 1 rings (SSSR count). The zero-order valence-electron chi connectivity index (χ0n) is 28.8. The molecule has 0 saturated carbocycles. The van der Waals surface area contributed by atoms with Gasteiger partial charge in [0, 0.05) is 6.42 Å². The molecule has 0 bridgehead atoms. The van der Waals surface area contributed by atoms with Gasteiger partial charge < -0.3 is 40.3 Å². The molecule has 1 saturated heterocycles. The SMILES string of the molecule is CCC/C=C\CCCCCCCC(=O)NC(COC1OC(CO)C(O)C(O)C1O)C(O)/C=C/CC/C=C/CCCCCCCCC. The number of hydrogen-bond acceptors (Lipinski definition) is 8. The summed E-state index contributed by atoms with van der Waals surface area (Å²) in [6.45, 7) is 3.63. The van der Waals surface area contributed by atoms with Crippen molar-refractivity contribution in [2.24, 2.45) is 0 Å². The number of carbonyl (C=O) groups excluding carboxylic acids is 1. The van der Waals surface area contributed by atoms with E-state index >= 15 is 0 Å². The number of amides is 1. The maximum atomic E-state index is 12.8. The van der Waals surface area contributed by atoms with Gasteiger partial charge in [-0.05, 0) is 51.4 Å². The summed E-state index contributed by atoms with van der Waals surface area (Å²) in [6, 6.07) is -0.820. The molecule has 6 N–H and O–H groups in total. The highest BCUT2D eigenvalue weighted by molar-refractivity contribution is 5.76. The Labute approximate surface area is 279 Å². The molecule has 0 aromatic carbocycles. The van der Waals surface area contributed by atoms with Gasteiger partial charge in [-0.25, -0.2) is 0 Å². The number of ether oxygens (including phenoxy) is 2. The molecule has 1 fully saturated rings. The van der Waals surface area contributed by atoms with Crippen LogP contribution >= 0.6 is 0 Å². The molecule has 0 aromatic heterocycles. The van der Waals surface area contributed by atoms with E-state index in [1.807, 2.05) is 6.08 Å². The van der Waals surface area contributed by atoms with E-state index in [9.17, 15) is 30.3 Å². The minimum absolute atomic E-state index is 0.203. The van der Waals surface area contributed by atoms with Crippen molar-refractivity contribution in [1.82, 2.24) is 5.32 Å². The lowest BCUT2D eigenvalue weighted by molar-refractivity contribution is -0.302. The summed E-state index contributed by atoms with van der Waals surface area (Å²) in [5.74, 6) is -0.203. The number of aliphatic hydroxyl groups is 5. The Hall–Kier alpha value is -1.59. The van der Waals surface area contributed by atoms with Gasteiger partial charge in [-0.2, -0.15) is 0 Å². The largest absolute Gasteiger partial charge is 0.394 e. The summed E-state index contributed by atoms with van der Waals surface area (Å²) in [5, 5.41) is 53.7. The van der Waals surface area contributed by atoms with Crippen LogP contribution < -0.4 is 5.32 Å². The van der Waals surface area contributed by atoms with Gasteiger partial charge in [0.05, 0.1) is 25.4 Å². The van der Waals surface area contributed by atoms with E-state index in [4.69, 9.17) is 9.47 Å². The molecule has 9 nitrogen and oxygen atoms in total. The second kappa shape index (κ2) is 28.4. The van der Waals surface area contributed by atoms with E-state index < -0.39 is 49.5 Å². The Kier molecular flexibility index (Phi) is 26.2. The molecular weight excluding hydrogens is 586 g/mol. The van der Waals surface area contributed by atoms with E-state index in [1.165, 1.54) is 51.4 Å². The van der Waals surface area contributed by atoms with Gasteiger partial charge >= 0.3 is 0 Å². The van der Waals surface area contributed by atoms with Gasteiger partial charge in [-0.15, -0.1) is 0 Å². The first-order valence-electron chi connectivity index (χ1n) is 18.2. The Morgan fingerprint density at radius 1 is 0.717 bits per heavy atom. The van der Waals surface area contributed by atoms with Crippen LogP contribution in [0.1, 0.15) is 136 Å². The highest BCUT2D eigenvalue weighted by Crippen LogP contribution is 2.22. The molecule has 0 radical (unpaired) electrons. The van der Waals surface area contributed by atoms with Crippen LogP contribution in [-0.2, 0) is 14.3 Å². The predicted octanol–water partition coefficient (Wildman–Crippen LogP) is 5.77. The Morgan fingerprint density at radius 3 is 1.91 bits per heavy atom. The molecule has 1 heterocycles. The van der Waals surface area contributed by atoms with Gasteiger partial charge in [0.2, 0.25) is 5.91 Å². The summed E-state index contributed by atoms with van der Waals surface area (Å²) in [6.07, 6.45) is 24.8.